The summed E-state index contributed by atoms with van der Waals surface area (Å²) in [6.07, 6.45) is 2.29. The number of hydrogen-bond donors (Lipinski definition) is 4. The van der Waals surface area contributed by atoms with E-state index in [1.807, 2.05) is 0 Å². The summed E-state index contributed by atoms with van der Waals surface area (Å²) in [7, 11) is 0. The number of hydrogen-bond acceptors (Lipinski definition) is 16. The summed E-state index contributed by atoms with van der Waals surface area (Å²) in [6, 6.07) is 20.1. The highest BCUT2D eigenvalue weighted by Gasteiger charge is 2.24. The molecule has 0 heterocycles. The van der Waals surface area contributed by atoms with Crippen LogP contribution in [-0.2, 0) is 44.9 Å². The molecule has 0 unspecified atom stereocenters. The van der Waals surface area contributed by atoms with Gasteiger partial charge in [-0.05, 0) is 44.5 Å². The topological polar surface area (TPSA) is 236 Å². The van der Waals surface area contributed by atoms with Crippen molar-refractivity contribution in [1.82, 2.24) is 0 Å². The van der Waals surface area contributed by atoms with Crippen molar-refractivity contribution in [1.29, 1.82) is 0 Å². The van der Waals surface area contributed by atoms with E-state index in [-0.39, 0.29) is 48.7 Å². The number of esters is 4. The quantitative estimate of drug-likeness (QED) is 0.0592. The molecule has 5 rings (SSSR count). The number of rotatable bonds is 8. The number of para-hydroxylation sites is 4. The lowest BCUT2D eigenvalue weighted by atomic mass is 9.91. The third-order valence-corrected chi connectivity index (χ3v) is 7.70. The number of carbonyl (C=O) groups excluding carboxylic acids is 4. The van der Waals surface area contributed by atoms with Crippen LogP contribution < -0.4 is 18.9 Å². The van der Waals surface area contributed by atoms with E-state index >= 15 is 0 Å². The Labute approximate surface area is 294 Å². The number of carbonyl (C=O) groups is 4. The molecule has 0 radical (unpaired) electrons. The Morgan fingerprint density at radius 2 is 0.558 bits per heavy atom. The first-order valence-corrected chi connectivity index (χ1v) is 15.2. The zero-order chi connectivity index (χ0) is 37.0. The number of ether oxygens (including phenoxy) is 4. The van der Waals surface area contributed by atoms with E-state index < -0.39 is 23.9 Å². The van der Waals surface area contributed by atoms with E-state index in [9.17, 15) is 19.2 Å². The molecule has 0 spiro atoms. The van der Waals surface area contributed by atoms with E-state index in [2.05, 4.69) is 20.6 Å². The van der Waals surface area contributed by atoms with Gasteiger partial charge in [0.05, 0.1) is 0 Å². The molecule has 4 N–H and O–H groups in total. The summed E-state index contributed by atoms with van der Waals surface area (Å²) >= 11 is 0. The minimum absolute atomic E-state index is 0.00311. The van der Waals surface area contributed by atoms with E-state index in [1.165, 1.54) is 0 Å². The fraction of sp³-hybridized carbons (Fsp3) is 0.111. The maximum atomic E-state index is 12.7. The van der Waals surface area contributed by atoms with Gasteiger partial charge in [-0.15, -0.1) is 0 Å². The average Bonchev–Trinajstić information content (AvgIpc) is 3.10. The molecular formula is C36H28N4O12. The first-order chi connectivity index (χ1) is 25.2. The molecule has 264 valence electrons. The van der Waals surface area contributed by atoms with E-state index in [4.69, 9.17) is 39.8 Å². The molecule has 8 bridgehead atoms. The molecule has 0 aromatic heterocycles. The lowest BCUT2D eigenvalue weighted by Gasteiger charge is -2.21. The van der Waals surface area contributed by atoms with Crippen LogP contribution in [0.4, 0.5) is 0 Å². The molecule has 0 saturated heterocycles. The molecule has 4 aromatic carbocycles. The predicted molar refractivity (Wildman–Crippen MR) is 181 cm³/mol. The molecule has 0 fully saturated rings. The van der Waals surface area contributed by atoms with Crippen molar-refractivity contribution >= 4 is 48.7 Å². The minimum Gasteiger partial charge on any atom is -0.422 e. The SMILES string of the molecule is O=C(C=NO)Oc1c2cccc1Cc1cccc(c1OC(=O)/C=N/O)Cc1cccc(c1OC(=O)/C=N\O)Cc1cccc(c1OC(=O)/C=N\O)C2. The molecule has 0 aliphatic heterocycles. The minimum atomic E-state index is -1.00. The zero-order valence-corrected chi connectivity index (χ0v) is 26.9. The first-order valence-electron chi connectivity index (χ1n) is 15.2. The highest BCUT2D eigenvalue weighted by molar-refractivity contribution is 6.25. The zero-order valence-electron chi connectivity index (χ0n) is 26.9. The molecule has 52 heavy (non-hydrogen) atoms. The van der Waals surface area contributed by atoms with Gasteiger partial charge in [0.15, 0.2) is 24.9 Å². The van der Waals surface area contributed by atoms with Crippen LogP contribution in [-0.4, -0.2) is 69.6 Å². The smallest absolute Gasteiger partial charge is 0.358 e. The monoisotopic (exact) mass is 708 g/mol. The van der Waals surface area contributed by atoms with Gasteiger partial charge in [-0.25, -0.2) is 19.2 Å². The van der Waals surface area contributed by atoms with Gasteiger partial charge in [-0.1, -0.05) is 93.4 Å². The molecule has 16 nitrogen and oxygen atoms in total. The normalized spacial score (nSPS) is 12.6. The van der Waals surface area contributed by atoms with Crippen molar-refractivity contribution in [3.8, 4) is 23.0 Å². The van der Waals surface area contributed by atoms with Gasteiger partial charge in [0.2, 0.25) is 0 Å². The van der Waals surface area contributed by atoms with Gasteiger partial charge in [0, 0.05) is 25.7 Å². The van der Waals surface area contributed by atoms with Gasteiger partial charge in [0.25, 0.3) is 0 Å². The molecular weight excluding hydrogens is 680 g/mol. The van der Waals surface area contributed by atoms with Crippen LogP contribution in [0, 0.1) is 0 Å². The lowest BCUT2D eigenvalue weighted by molar-refractivity contribution is -0.127. The van der Waals surface area contributed by atoms with Crippen LogP contribution in [0.1, 0.15) is 44.5 Å². The molecule has 0 saturated carbocycles. The molecule has 0 atom stereocenters. The number of nitrogens with zero attached hydrogens (tertiary/aromatic N) is 4. The van der Waals surface area contributed by atoms with Crippen molar-refractivity contribution in [2.75, 3.05) is 0 Å². The average molecular weight is 709 g/mol. The molecule has 16 heteroatoms. The molecule has 4 aromatic rings. The Morgan fingerprint density at radius 1 is 0.385 bits per heavy atom. The number of fused-ring (bicyclic) bond motifs is 8. The second kappa shape index (κ2) is 16.8. The van der Waals surface area contributed by atoms with Crippen LogP contribution in [0.15, 0.2) is 93.4 Å². The Hall–Kier alpha value is -7.36. The van der Waals surface area contributed by atoms with Gasteiger partial charge >= 0.3 is 23.9 Å². The summed E-state index contributed by atoms with van der Waals surface area (Å²) in [4.78, 5) is 50.7. The third-order valence-electron chi connectivity index (χ3n) is 7.70. The second-order valence-electron chi connectivity index (χ2n) is 11.0. The maximum absolute atomic E-state index is 12.7. The van der Waals surface area contributed by atoms with E-state index in [0.29, 0.717) is 69.4 Å². The summed E-state index contributed by atoms with van der Waals surface area (Å²) in [5.41, 5.74) is 3.42. The van der Waals surface area contributed by atoms with Crippen LogP contribution in [0.25, 0.3) is 0 Å². The van der Waals surface area contributed by atoms with Crippen LogP contribution in [0.2, 0.25) is 0 Å². The van der Waals surface area contributed by atoms with Gasteiger partial charge in [0.1, 0.15) is 23.0 Å². The lowest BCUT2D eigenvalue weighted by Crippen LogP contribution is -2.16. The largest absolute Gasteiger partial charge is 0.422 e. The Balaban J connectivity index is 1.81. The number of oxime groups is 4. The van der Waals surface area contributed by atoms with Gasteiger partial charge < -0.3 is 39.8 Å². The third kappa shape index (κ3) is 8.61. The maximum Gasteiger partial charge on any atom is 0.358 e. The van der Waals surface area contributed by atoms with Crippen molar-refractivity contribution < 1.29 is 59.0 Å². The summed E-state index contributed by atoms with van der Waals surface area (Å²) in [5, 5.41) is 47.1. The fourth-order valence-corrected chi connectivity index (χ4v) is 5.71. The summed E-state index contributed by atoms with van der Waals surface area (Å²) in [6.45, 7) is 0. The second-order valence-corrected chi connectivity index (χ2v) is 11.0. The van der Waals surface area contributed by atoms with Gasteiger partial charge in [-0.2, -0.15) is 0 Å². The summed E-state index contributed by atoms with van der Waals surface area (Å²) in [5.74, 6) is -3.72. The van der Waals surface area contributed by atoms with E-state index in [0.717, 1.165) is 0 Å². The van der Waals surface area contributed by atoms with Crippen LogP contribution in [0.5, 0.6) is 23.0 Å². The number of benzene rings is 4. The Kier molecular flexibility index (Phi) is 11.6. The van der Waals surface area contributed by atoms with Crippen molar-refractivity contribution in [2.45, 2.75) is 25.7 Å². The Bertz CT molecular complexity index is 1760. The molecule has 1 aliphatic rings. The fourth-order valence-electron chi connectivity index (χ4n) is 5.71. The highest BCUT2D eigenvalue weighted by atomic mass is 16.6. The highest BCUT2D eigenvalue weighted by Crippen LogP contribution is 2.39. The van der Waals surface area contributed by atoms with E-state index in [1.54, 1.807) is 72.8 Å². The molecule has 1 aliphatic carbocycles. The van der Waals surface area contributed by atoms with Crippen molar-refractivity contribution in [3.05, 3.63) is 117 Å². The standard InChI is InChI=1S/C36H28N4O12/c41-29(17-37-45)49-33-21-5-1-6-22(33)14-24-8-3-10-26(35(24)51-31(43)19-39-47)16-28-12-4-11-27(36(28)52-32(44)20-40-48)15-25-9-2-7-23(13-21)34(25)50-30(42)18-38-46/h1-12,17-20,45-48H,13-16H2/b37-17-,38-18-,39-19+,40-20?. The Morgan fingerprint density at radius 3 is 0.712 bits per heavy atom. The van der Waals surface area contributed by atoms with Gasteiger partial charge in [-0.3, -0.25) is 0 Å². The van der Waals surface area contributed by atoms with Crippen LogP contribution in [0.3, 0.4) is 0 Å². The van der Waals surface area contributed by atoms with Crippen molar-refractivity contribution in [3.63, 3.8) is 0 Å². The van der Waals surface area contributed by atoms with Crippen molar-refractivity contribution in [2.24, 2.45) is 20.6 Å². The predicted octanol–water partition coefficient (Wildman–Crippen LogP) is 3.82. The molecule has 0 amide bonds. The summed E-state index contributed by atoms with van der Waals surface area (Å²) < 4.78 is 22.7. The first kappa shape index (κ1) is 35.9. The van der Waals surface area contributed by atoms with Crippen LogP contribution >= 0.6 is 0 Å².